The molecule has 0 saturated carbocycles. The summed E-state index contributed by atoms with van der Waals surface area (Å²) in [5, 5.41) is 0. The summed E-state index contributed by atoms with van der Waals surface area (Å²) in [6, 6.07) is 69.5. The Hall–Kier alpha value is -7.10. The minimum atomic E-state index is -0.108. The van der Waals surface area contributed by atoms with Crippen molar-refractivity contribution in [1.29, 1.82) is 0 Å². The third-order valence-electron chi connectivity index (χ3n) is 11.3. The van der Waals surface area contributed by atoms with Crippen molar-refractivity contribution in [1.82, 2.24) is 9.97 Å². The second-order valence-corrected chi connectivity index (χ2v) is 15.0. The molecule has 0 spiro atoms. The number of benzene rings is 7. The van der Waals surface area contributed by atoms with E-state index >= 15 is 0 Å². The quantitative estimate of drug-likeness (QED) is 0.164. The van der Waals surface area contributed by atoms with Gasteiger partial charge in [-0.3, -0.25) is 4.98 Å². The molecule has 0 aliphatic heterocycles. The van der Waals surface area contributed by atoms with E-state index in [1.807, 2.05) is 18.3 Å². The standard InChI is InChI=1S/C53H39N3/c1-53(2)46-18-10-9-17-44(46)51-47(53)19-11-21-50(51)56(42-30-26-39(27-31-42)37-15-7-4-8-16-37)43-32-28-40(29-33-43)45-35-49(55-48-20-12-34-54-52(45)48)41-24-22-38(23-25-41)36-13-5-3-6-14-36/h3-35H,1-2H3. The Kier molecular flexibility index (Phi) is 8.15. The predicted octanol–water partition coefficient (Wildman–Crippen LogP) is 14.1. The average molecular weight is 718 g/mol. The Bertz CT molecular complexity index is 2840. The van der Waals surface area contributed by atoms with Gasteiger partial charge in [0, 0.05) is 39.7 Å². The summed E-state index contributed by atoms with van der Waals surface area (Å²) in [6.07, 6.45) is 1.85. The van der Waals surface area contributed by atoms with Crippen LogP contribution >= 0.6 is 0 Å². The van der Waals surface area contributed by atoms with Gasteiger partial charge in [-0.2, -0.15) is 0 Å². The Labute approximate surface area is 328 Å². The van der Waals surface area contributed by atoms with Crippen LogP contribution in [0.5, 0.6) is 0 Å². The summed E-state index contributed by atoms with van der Waals surface area (Å²) in [7, 11) is 0. The largest absolute Gasteiger partial charge is 0.310 e. The Balaban J connectivity index is 1.09. The third-order valence-corrected chi connectivity index (χ3v) is 11.3. The maximum Gasteiger partial charge on any atom is 0.0965 e. The zero-order valence-corrected chi connectivity index (χ0v) is 31.4. The first-order valence-corrected chi connectivity index (χ1v) is 19.2. The predicted molar refractivity (Wildman–Crippen MR) is 234 cm³/mol. The minimum absolute atomic E-state index is 0.108. The fraction of sp³-hybridized carbons (Fsp3) is 0.0566. The second kappa shape index (κ2) is 13.6. The first-order valence-electron chi connectivity index (χ1n) is 19.2. The monoisotopic (exact) mass is 717 g/mol. The molecule has 0 unspecified atom stereocenters. The van der Waals surface area contributed by atoms with Crippen molar-refractivity contribution in [2.24, 2.45) is 0 Å². The lowest BCUT2D eigenvalue weighted by Gasteiger charge is -2.29. The van der Waals surface area contributed by atoms with Gasteiger partial charge in [0.15, 0.2) is 0 Å². The fourth-order valence-electron chi connectivity index (χ4n) is 8.47. The van der Waals surface area contributed by atoms with Gasteiger partial charge in [0.2, 0.25) is 0 Å². The lowest BCUT2D eigenvalue weighted by atomic mass is 9.82. The van der Waals surface area contributed by atoms with Crippen LogP contribution in [0.15, 0.2) is 200 Å². The topological polar surface area (TPSA) is 29.0 Å². The summed E-state index contributed by atoms with van der Waals surface area (Å²) in [5.74, 6) is 0. The molecule has 10 rings (SSSR count). The van der Waals surface area contributed by atoms with Crippen LogP contribution in [0.3, 0.4) is 0 Å². The molecular formula is C53H39N3. The molecule has 1 aliphatic carbocycles. The number of fused-ring (bicyclic) bond motifs is 4. The molecule has 7 aromatic carbocycles. The van der Waals surface area contributed by atoms with Gasteiger partial charge in [0.05, 0.1) is 22.4 Å². The average Bonchev–Trinajstić information content (AvgIpc) is 3.51. The van der Waals surface area contributed by atoms with Gasteiger partial charge in [-0.15, -0.1) is 0 Å². The molecule has 0 radical (unpaired) electrons. The number of nitrogens with zero attached hydrogens (tertiary/aromatic N) is 3. The summed E-state index contributed by atoms with van der Waals surface area (Å²) in [5.41, 5.74) is 19.2. The lowest BCUT2D eigenvalue weighted by Crippen LogP contribution is -2.16. The Morgan fingerprint density at radius 3 is 1.62 bits per heavy atom. The molecule has 266 valence electrons. The molecule has 0 atom stereocenters. The highest BCUT2D eigenvalue weighted by Gasteiger charge is 2.37. The van der Waals surface area contributed by atoms with Crippen LogP contribution in [0.1, 0.15) is 25.0 Å². The zero-order chi connectivity index (χ0) is 37.6. The highest BCUT2D eigenvalue weighted by molar-refractivity contribution is 5.97. The first-order chi connectivity index (χ1) is 27.5. The van der Waals surface area contributed by atoms with E-state index < -0.39 is 0 Å². The van der Waals surface area contributed by atoms with Crippen LogP contribution < -0.4 is 4.90 Å². The Morgan fingerprint density at radius 2 is 0.964 bits per heavy atom. The van der Waals surface area contributed by atoms with Crippen LogP contribution in [0.25, 0.3) is 66.8 Å². The van der Waals surface area contributed by atoms with E-state index in [2.05, 4.69) is 201 Å². The molecule has 0 bridgehead atoms. The Morgan fingerprint density at radius 1 is 0.429 bits per heavy atom. The molecule has 1 aliphatic rings. The van der Waals surface area contributed by atoms with Gasteiger partial charge in [0.1, 0.15) is 0 Å². The van der Waals surface area contributed by atoms with Crippen LogP contribution in [0, 0.1) is 0 Å². The number of anilines is 3. The smallest absolute Gasteiger partial charge is 0.0965 e. The molecule has 9 aromatic rings. The normalized spacial score (nSPS) is 12.6. The third kappa shape index (κ3) is 5.77. The summed E-state index contributed by atoms with van der Waals surface area (Å²) in [4.78, 5) is 12.3. The molecule has 0 fully saturated rings. The van der Waals surface area contributed by atoms with Gasteiger partial charge in [0.25, 0.3) is 0 Å². The van der Waals surface area contributed by atoms with Crippen LogP contribution in [0.4, 0.5) is 17.1 Å². The zero-order valence-electron chi connectivity index (χ0n) is 31.4. The van der Waals surface area contributed by atoms with E-state index in [1.54, 1.807) is 0 Å². The van der Waals surface area contributed by atoms with E-state index in [4.69, 9.17) is 9.97 Å². The van der Waals surface area contributed by atoms with Crippen molar-refractivity contribution < 1.29 is 0 Å². The molecule has 2 heterocycles. The summed E-state index contributed by atoms with van der Waals surface area (Å²) in [6.45, 7) is 4.68. The molecule has 56 heavy (non-hydrogen) atoms. The van der Waals surface area contributed by atoms with Gasteiger partial charge in [-0.1, -0.05) is 159 Å². The molecule has 0 amide bonds. The van der Waals surface area contributed by atoms with Crippen LogP contribution in [-0.4, -0.2) is 9.97 Å². The maximum absolute atomic E-state index is 5.08. The van der Waals surface area contributed by atoms with E-state index in [0.29, 0.717) is 0 Å². The second-order valence-electron chi connectivity index (χ2n) is 15.0. The van der Waals surface area contributed by atoms with E-state index in [1.165, 1.54) is 44.5 Å². The van der Waals surface area contributed by atoms with Crippen LogP contribution in [-0.2, 0) is 5.41 Å². The lowest BCUT2D eigenvalue weighted by molar-refractivity contribution is 0.660. The van der Waals surface area contributed by atoms with Gasteiger partial charge >= 0.3 is 0 Å². The van der Waals surface area contributed by atoms with Crippen molar-refractivity contribution in [2.45, 2.75) is 19.3 Å². The molecule has 0 N–H and O–H groups in total. The number of hydrogen-bond acceptors (Lipinski definition) is 3. The SMILES string of the molecule is CC1(C)c2ccccc2-c2c(N(c3ccc(-c4ccccc4)cc3)c3ccc(-c4cc(-c5ccc(-c6ccccc6)cc5)nc5cccnc45)cc3)cccc21. The molecule has 3 nitrogen and oxygen atoms in total. The van der Waals surface area contributed by atoms with E-state index in [0.717, 1.165) is 50.5 Å². The molecule has 0 saturated heterocycles. The number of hydrogen-bond donors (Lipinski definition) is 0. The number of pyridine rings is 2. The molecule has 3 heteroatoms. The van der Waals surface area contributed by atoms with Crippen molar-refractivity contribution >= 4 is 28.1 Å². The summed E-state index contributed by atoms with van der Waals surface area (Å²) >= 11 is 0. The molecular weight excluding hydrogens is 679 g/mol. The fourth-order valence-corrected chi connectivity index (χ4v) is 8.47. The van der Waals surface area contributed by atoms with Crippen molar-refractivity contribution in [3.8, 4) is 55.8 Å². The highest BCUT2D eigenvalue weighted by atomic mass is 15.1. The van der Waals surface area contributed by atoms with Crippen molar-refractivity contribution in [3.05, 3.63) is 211 Å². The number of rotatable bonds is 7. The van der Waals surface area contributed by atoms with Crippen molar-refractivity contribution in [2.75, 3.05) is 4.90 Å². The maximum atomic E-state index is 5.08. The van der Waals surface area contributed by atoms with Crippen molar-refractivity contribution in [3.63, 3.8) is 0 Å². The minimum Gasteiger partial charge on any atom is -0.310 e. The van der Waals surface area contributed by atoms with Gasteiger partial charge in [-0.25, -0.2) is 4.98 Å². The van der Waals surface area contributed by atoms with Gasteiger partial charge in [-0.05, 0) is 93.0 Å². The first kappa shape index (κ1) is 33.5. The number of aromatic nitrogens is 2. The van der Waals surface area contributed by atoms with E-state index in [-0.39, 0.29) is 5.41 Å². The van der Waals surface area contributed by atoms with Crippen LogP contribution in [0.2, 0.25) is 0 Å². The van der Waals surface area contributed by atoms with E-state index in [9.17, 15) is 0 Å². The highest BCUT2D eigenvalue weighted by Crippen LogP contribution is 2.54. The van der Waals surface area contributed by atoms with Gasteiger partial charge < -0.3 is 4.90 Å². The molecule has 2 aromatic heterocycles. The summed E-state index contributed by atoms with van der Waals surface area (Å²) < 4.78 is 0.